The molecule has 9 atom stereocenters. The van der Waals surface area contributed by atoms with E-state index in [0.29, 0.717) is 25.0 Å². The molecule has 0 aliphatic rings. The lowest BCUT2D eigenvalue weighted by molar-refractivity contribution is -0.0492. The van der Waals surface area contributed by atoms with E-state index in [0.717, 1.165) is 61.2 Å². The summed E-state index contributed by atoms with van der Waals surface area (Å²) in [6, 6.07) is 0. The minimum Gasteiger partial charge on any atom is -0.388 e. The Morgan fingerprint density at radius 2 is 0.729 bits per heavy atom. The van der Waals surface area contributed by atoms with Crippen molar-refractivity contribution in [3.63, 3.8) is 0 Å². The van der Waals surface area contributed by atoms with Gasteiger partial charge in [-0.1, -0.05) is 185 Å². The van der Waals surface area contributed by atoms with Crippen molar-refractivity contribution in [2.24, 2.45) is 47.3 Å². The fourth-order valence-electron chi connectivity index (χ4n) is 7.58. The first-order chi connectivity index (χ1) is 27.7. The van der Waals surface area contributed by atoms with E-state index < -0.39 is 41.1 Å². The fourth-order valence-corrected chi connectivity index (χ4v) is 8.74. The summed E-state index contributed by atoms with van der Waals surface area (Å²) >= 11 is 0. The molecule has 0 fully saturated rings. The summed E-state index contributed by atoms with van der Waals surface area (Å²) in [7, 11) is -9.41. The number of aliphatic hydroxyl groups excluding tert-OH is 1. The largest absolute Gasteiger partial charge is 0.472 e. The van der Waals surface area contributed by atoms with Gasteiger partial charge in [0.1, 0.15) is 12.2 Å². The monoisotopic (exact) mass is 887 g/mol. The number of hydrogen-bond donors (Lipinski definition) is 4. The maximum atomic E-state index is 12.6. The summed E-state index contributed by atoms with van der Waals surface area (Å²) in [6.45, 7) is 22.8. The number of aliphatic hydroxyl groups is 1. The molecule has 0 radical (unpaired) electrons. The molecule has 1 unspecified atom stereocenters. The average molecular weight is 887 g/mol. The normalized spacial score (nSPS) is 17.8. The molecule has 0 saturated heterocycles. The quantitative estimate of drug-likeness (QED) is 0.0341. The van der Waals surface area contributed by atoms with Gasteiger partial charge in [-0.25, -0.2) is 9.13 Å². The van der Waals surface area contributed by atoms with Gasteiger partial charge in [-0.15, -0.1) is 0 Å². The molecule has 13 heteroatoms. The van der Waals surface area contributed by atoms with Crippen molar-refractivity contribution >= 4 is 15.6 Å². The van der Waals surface area contributed by atoms with Gasteiger partial charge in [0.2, 0.25) is 0 Å². The summed E-state index contributed by atoms with van der Waals surface area (Å²) in [6.07, 6.45) is 22.8. The molecule has 0 aliphatic carbocycles. The van der Waals surface area contributed by atoms with Crippen molar-refractivity contribution in [3.8, 4) is 0 Å². The molecule has 0 aromatic heterocycles. The van der Waals surface area contributed by atoms with Gasteiger partial charge in [0.15, 0.2) is 0 Å². The van der Waals surface area contributed by atoms with Gasteiger partial charge in [-0.05, 0) is 60.2 Å². The smallest absolute Gasteiger partial charge is 0.388 e. The molecule has 356 valence electrons. The second-order valence-corrected chi connectivity index (χ2v) is 22.3. The lowest BCUT2D eigenvalue weighted by Gasteiger charge is -2.22. The van der Waals surface area contributed by atoms with E-state index in [9.17, 15) is 19.1 Å². The molecule has 0 amide bonds. The van der Waals surface area contributed by atoms with Crippen LogP contribution in [-0.2, 0) is 32.2 Å². The number of phosphoric acid groups is 2. The Morgan fingerprint density at radius 1 is 0.407 bits per heavy atom. The molecule has 11 nitrogen and oxygen atoms in total. The first-order valence-corrected chi connectivity index (χ1v) is 26.9. The second-order valence-electron chi connectivity index (χ2n) is 19.6. The predicted octanol–water partition coefficient (Wildman–Crippen LogP) is 12.9. The highest BCUT2D eigenvalue weighted by atomic mass is 31.2. The lowest BCUT2D eigenvalue weighted by Crippen LogP contribution is -2.27. The van der Waals surface area contributed by atoms with E-state index in [1.165, 1.54) is 103 Å². The van der Waals surface area contributed by atoms with E-state index in [4.69, 9.17) is 28.3 Å². The highest BCUT2D eigenvalue weighted by Crippen LogP contribution is 2.44. The van der Waals surface area contributed by atoms with Crippen LogP contribution in [0.3, 0.4) is 0 Å². The van der Waals surface area contributed by atoms with Crippen molar-refractivity contribution in [1.82, 2.24) is 0 Å². The van der Waals surface area contributed by atoms with Crippen molar-refractivity contribution in [3.05, 3.63) is 0 Å². The fraction of sp³-hybridized carbons (Fsp3) is 1.00. The maximum Gasteiger partial charge on any atom is 0.472 e. The van der Waals surface area contributed by atoms with E-state index >= 15 is 0 Å². The van der Waals surface area contributed by atoms with Crippen molar-refractivity contribution in [2.45, 2.75) is 210 Å². The maximum absolute atomic E-state index is 12.6. The Hall–Kier alpha value is 0.1000. The van der Waals surface area contributed by atoms with Crippen LogP contribution in [0.2, 0.25) is 0 Å². The summed E-state index contributed by atoms with van der Waals surface area (Å²) in [4.78, 5) is 27.8. The molecule has 0 aromatic rings. The zero-order valence-corrected chi connectivity index (χ0v) is 41.5. The Bertz CT molecular complexity index is 1060. The minimum atomic E-state index is -4.80. The number of rotatable bonds is 42. The molecule has 0 bridgehead atoms. The predicted molar refractivity (Wildman–Crippen MR) is 243 cm³/mol. The van der Waals surface area contributed by atoms with Gasteiger partial charge in [0, 0.05) is 13.2 Å². The van der Waals surface area contributed by atoms with Crippen molar-refractivity contribution < 1.29 is 52.0 Å². The van der Waals surface area contributed by atoms with E-state index in [1.54, 1.807) is 0 Å². The summed E-state index contributed by atoms with van der Waals surface area (Å²) in [5.41, 5.74) is 0. The second kappa shape index (κ2) is 35.4. The molecule has 0 heterocycles. The number of ether oxygens (including phenoxy) is 2. The van der Waals surface area contributed by atoms with Crippen LogP contribution in [0.5, 0.6) is 0 Å². The Balaban J connectivity index is 4.69. The van der Waals surface area contributed by atoms with Crippen LogP contribution >= 0.6 is 15.6 Å². The number of phosphoric ester groups is 2. The van der Waals surface area contributed by atoms with Crippen LogP contribution in [0.1, 0.15) is 198 Å². The Kier molecular flexibility index (Phi) is 35.5. The first-order valence-electron chi connectivity index (χ1n) is 23.9. The zero-order chi connectivity index (χ0) is 44.7. The summed E-state index contributed by atoms with van der Waals surface area (Å²) < 4.78 is 49.9. The van der Waals surface area contributed by atoms with Gasteiger partial charge >= 0.3 is 15.6 Å². The first kappa shape index (κ1) is 59.1. The topological polar surface area (TPSA) is 161 Å². The van der Waals surface area contributed by atoms with Crippen LogP contribution in [0.15, 0.2) is 0 Å². The molecule has 0 rings (SSSR count). The highest BCUT2D eigenvalue weighted by Gasteiger charge is 2.27. The third-order valence-electron chi connectivity index (χ3n) is 11.8. The summed E-state index contributed by atoms with van der Waals surface area (Å²) in [5, 5.41) is 9.84. The van der Waals surface area contributed by atoms with Crippen molar-refractivity contribution in [1.29, 1.82) is 0 Å². The zero-order valence-electron chi connectivity index (χ0n) is 39.7. The molecule has 0 saturated carbocycles. The summed E-state index contributed by atoms with van der Waals surface area (Å²) in [5.74, 6) is 5.73. The lowest BCUT2D eigenvalue weighted by atomic mass is 9.91. The van der Waals surface area contributed by atoms with Crippen LogP contribution in [-0.4, -0.2) is 71.6 Å². The third-order valence-corrected chi connectivity index (χ3v) is 13.3. The van der Waals surface area contributed by atoms with Crippen LogP contribution in [0.25, 0.3) is 0 Å². The molecular weight excluding hydrogens is 790 g/mol. The molecule has 0 spiro atoms. The van der Waals surface area contributed by atoms with Crippen LogP contribution in [0, 0.1) is 47.3 Å². The Morgan fingerprint density at radius 3 is 1.10 bits per heavy atom. The van der Waals surface area contributed by atoms with Crippen LogP contribution in [0.4, 0.5) is 0 Å². The van der Waals surface area contributed by atoms with Gasteiger partial charge in [0.05, 0.1) is 26.4 Å². The minimum absolute atomic E-state index is 0.195. The molecule has 0 aliphatic heterocycles. The van der Waals surface area contributed by atoms with Gasteiger partial charge in [0.25, 0.3) is 0 Å². The van der Waals surface area contributed by atoms with Crippen LogP contribution < -0.4 is 0 Å². The molecular formula is C46H96O11P2. The third kappa shape index (κ3) is 40.6. The van der Waals surface area contributed by atoms with Crippen molar-refractivity contribution in [2.75, 3.05) is 39.6 Å². The highest BCUT2D eigenvalue weighted by molar-refractivity contribution is 7.47. The average Bonchev–Trinajstić information content (AvgIpc) is 3.13. The SMILES string of the molecule is CC(C)CCC[C@@H](C)CCC[C@H](C)CCC[C@@H](C)CCO[C@H](COCC[C@@H](C)CCC[C@H](C)CCC[C@@H](C)CCCC(C)C)COP(=O)(O)OC[C@@H](O)COP(=O)(O)O. The van der Waals surface area contributed by atoms with Gasteiger partial charge in [-0.3, -0.25) is 13.6 Å². The molecule has 0 aromatic carbocycles. The molecule has 4 N–H and O–H groups in total. The standard InChI is InChI=1S/C46H96O11P2/c1-37(2)17-11-19-39(5)21-13-23-41(7)25-15-27-43(9)29-31-53-35-46(36-57-59(51,52)56-34-45(47)33-55-58(48,49)50)54-32-30-44(10)28-16-26-42(8)24-14-22-40(6)20-12-18-38(3)4/h37-47H,11-36H2,1-10H3,(H,51,52)(H2,48,49,50)/t39-,40+,41+,42-,43-,44+,45-,46+/m0/s1. The Labute approximate surface area is 363 Å². The van der Waals surface area contributed by atoms with Gasteiger partial charge < -0.3 is 29.3 Å². The van der Waals surface area contributed by atoms with E-state index in [1.807, 2.05) is 0 Å². The number of hydrogen-bond acceptors (Lipinski definition) is 8. The van der Waals surface area contributed by atoms with E-state index in [-0.39, 0.29) is 13.2 Å². The van der Waals surface area contributed by atoms with Gasteiger partial charge in [-0.2, -0.15) is 0 Å². The van der Waals surface area contributed by atoms with E-state index in [2.05, 4.69) is 73.8 Å². The molecule has 59 heavy (non-hydrogen) atoms.